The van der Waals surface area contributed by atoms with Crippen molar-refractivity contribution < 1.29 is 18.6 Å². The molecular weight excluding hydrogens is 171 g/mol. The molecule has 0 bridgehead atoms. The molecule has 0 saturated heterocycles. The smallest absolute Gasteiger partial charge is 0.358 e. The summed E-state index contributed by atoms with van der Waals surface area (Å²) in [6.07, 6.45) is 8.00. The summed E-state index contributed by atoms with van der Waals surface area (Å²) in [7, 11) is 0. The molecule has 1 heteroatoms. The third-order valence-corrected chi connectivity index (χ3v) is 1.07. The first-order valence-electron chi connectivity index (χ1n) is 4.32. The van der Waals surface area contributed by atoms with Crippen LogP contribution in [0.1, 0.15) is 53.4 Å². The van der Waals surface area contributed by atoms with Crippen molar-refractivity contribution in [3.05, 3.63) is 13.8 Å². The summed E-state index contributed by atoms with van der Waals surface area (Å²) in [5.74, 6) is 0. The van der Waals surface area contributed by atoms with Crippen LogP contribution in [0.2, 0.25) is 0 Å². The van der Waals surface area contributed by atoms with E-state index in [-0.39, 0.29) is 26.0 Å². The minimum Gasteiger partial charge on any atom is -0.358 e. The van der Waals surface area contributed by atoms with E-state index in [2.05, 4.69) is 6.42 Å². The summed E-state index contributed by atoms with van der Waals surface area (Å²) in [5, 5.41) is 0. The zero-order valence-electron chi connectivity index (χ0n) is 8.85. The maximum absolute atomic E-state index is 2.36. The van der Waals surface area contributed by atoms with E-state index < -0.39 is 0 Å². The van der Waals surface area contributed by atoms with Gasteiger partial charge in [-0.3, -0.25) is 0 Å². The molecule has 0 spiro atoms. The van der Waals surface area contributed by atoms with E-state index in [4.69, 9.17) is 0 Å². The van der Waals surface area contributed by atoms with Crippen molar-refractivity contribution in [1.82, 2.24) is 0 Å². The van der Waals surface area contributed by atoms with Crippen LogP contribution in [-0.2, 0) is 18.6 Å². The SMILES string of the molecule is CC.CC.[CH-]1CCCC1.[CH3-].[V+2]. The maximum Gasteiger partial charge on any atom is 2.00 e. The molecule has 0 nitrogen and oxygen atoms in total. The summed E-state index contributed by atoms with van der Waals surface area (Å²) in [6, 6.07) is 0. The van der Waals surface area contributed by atoms with E-state index in [0.717, 1.165) is 0 Å². The Morgan fingerprint density at radius 3 is 1.18 bits per heavy atom. The summed E-state index contributed by atoms with van der Waals surface area (Å²) in [5.41, 5.74) is 0. The van der Waals surface area contributed by atoms with Gasteiger partial charge in [0.15, 0.2) is 0 Å². The molecule has 1 aliphatic rings. The van der Waals surface area contributed by atoms with Crippen molar-refractivity contribution in [1.29, 1.82) is 0 Å². The molecule has 0 N–H and O–H groups in total. The van der Waals surface area contributed by atoms with Gasteiger partial charge in [-0.2, -0.15) is 12.8 Å². The molecule has 1 aliphatic carbocycles. The zero-order valence-corrected chi connectivity index (χ0v) is 10.2. The molecule has 0 unspecified atom stereocenters. The van der Waals surface area contributed by atoms with Gasteiger partial charge in [0.05, 0.1) is 0 Å². The molecule has 1 fully saturated rings. The van der Waals surface area contributed by atoms with Crippen LogP contribution in [0, 0.1) is 13.8 Å². The van der Waals surface area contributed by atoms with Crippen LogP contribution in [0.5, 0.6) is 0 Å². The van der Waals surface area contributed by atoms with Crippen molar-refractivity contribution in [3.63, 3.8) is 0 Å². The number of rotatable bonds is 0. The third kappa shape index (κ3) is 25.0. The predicted octanol–water partition coefficient (Wildman–Crippen LogP) is 4.26. The van der Waals surface area contributed by atoms with E-state index in [0.29, 0.717) is 0 Å². The van der Waals surface area contributed by atoms with E-state index in [1.165, 1.54) is 25.7 Å². The minimum absolute atomic E-state index is 0. The zero-order chi connectivity index (χ0) is 7.54. The van der Waals surface area contributed by atoms with Gasteiger partial charge in [-0.1, -0.05) is 40.5 Å². The fraction of sp³-hybridized carbons (Fsp3) is 0.800. The summed E-state index contributed by atoms with van der Waals surface area (Å²) in [4.78, 5) is 0. The molecular formula is C10H24V. The number of hydrogen-bond donors (Lipinski definition) is 0. The van der Waals surface area contributed by atoms with Crippen molar-refractivity contribution >= 4 is 0 Å². The fourth-order valence-electron chi connectivity index (χ4n) is 0.722. The maximum atomic E-state index is 2.36. The van der Waals surface area contributed by atoms with Crippen LogP contribution in [0.25, 0.3) is 0 Å². The van der Waals surface area contributed by atoms with Crippen molar-refractivity contribution in [3.8, 4) is 0 Å². The number of hydrogen-bond acceptors (Lipinski definition) is 0. The van der Waals surface area contributed by atoms with Crippen LogP contribution >= 0.6 is 0 Å². The second kappa shape index (κ2) is 31.2. The van der Waals surface area contributed by atoms with Gasteiger partial charge in [-0.15, -0.1) is 0 Å². The van der Waals surface area contributed by atoms with Gasteiger partial charge < -0.3 is 13.8 Å². The predicted molar refractivity (Wildman–Crippen MR) is 51.9 cm³/mol. The van der Waals surface area contributed by atoms with Crippen LogP contribution in [0.4, 0.5) is 0 Å². The van der Waals surface area contributed by atoms with Crippen LogP contribution in [-0.4, -0.2) is 0 Å². The quantitative estimate of drug-likeness (QED) is 0.506. The van der Waals surface area contributed by atoms with E-state index in [9.17, 15) is 0 Å². The minimum atomic E-state index is 0. The van der Waals surface area contributed by atoms with Gasteiger partial charge in [0.2, 0.25) is 0 Å². The van der Waals surface area contributed by atoms with E-state index >= 15 is 0 Å². The first kappa shape index (κ1) is 22.6. The standard InChI is InChI=1S/C5H9.2C2H6.CH3.V/c1-2-4-5-3-1;2*1-2;;/h1H,2-5H2;2*1-2H3;1H3;/q-1;;;-1;+2. The fourth-order valence-corrected chi connectivity index (χ4v) is 0.722. The molecule has 0 aliphatic heterocycles. The molecule has 1 radical (unpaired) electrons. The van der Waals surface area contributed by atoms with Crippen LogP contribution < -0.4 is 0 Å². The average Bonchev–Trinajstić information content (AvgIpc) is 2.51. The normalized spacial score (nSPS) is 12.0. The second-order valence-corrected chi connectivity index (χ2v) is 1.57. The largest absolute Gasteiger partial charge is 2.00 e. The van der Waals surface area contributed by atoms with Gasteiger partial charge in [-0.05, 0) is 0 Å². The van der Waals surface area contributed by atoms with Crippen LogP contribution in [0.3, 0.4) is 0 Å². The van der Waals surface area contributed by atoms with Gasteiger partial charge in [0.25, 0.3) is 0 Å². The summed E-state index contributed by atoms with van der Waals surface area (Å²) < 4.78 is 0. The Hall–Kier alpha value is 0.584. The summed E-state index contributed by atoms with van der Waals surface area (Å²) in [6.45, 7) is 8.00. The molecule has 0 aromatic heterocycles. The van der Waals surface area contributed by atoms with Gasteiger partial charge in [0, 0.05) is 0 Å². The molecule has 1 rings (SSSR count). The van der Waals surface area contributed by atoms with E-state index in [1.54, 1.807) is 0 Å². The Balaban J connectivity index is -0.0000000369. The Bertz CT molecular complexity index is 16.4. The first-order chi connectivity index (χ1) is 4.50. The molecule has 0 aromatic rings. The Morgan fingerprint density at radius 2 is 1.09 bits per heavy atom. The second-order valence-electron chi connectivity index (χ2n) is 1.57. The van der Waals surface area contributed by atoms with Crippen molar-refractivity contribution in [2.24, 2.45) is 0 Å². The van der Waals surface area contributed by atoms with Crippen molar-refractivity contribution in [2.75, 3.05) is 0 Å². The third-order valence-electron chi connectivity index (χ3n) is 1.07. The molecule has 0 heterocycles. The van der Waals surface area contributed by atoms with Crippen molar-refractivity contribution in [2.45, 2.75) is 53.4 Å². The molecule has 0 amide bonds. The van der Waals surface area contributed by atoms with E-state index in [1.807, 2.05) is 27.7 Å². The molecule has 1 saturated carbocycles. The van der Waals surface area contributed by atoms with Gasteiger partial charge >= 0.3 is 18.6 Å². The molecule has 0 atom stereocenters. The molecule has 69 valence electrons. The molecule has 0 aromatic carbocycles. The Kier molecular flexibility index (Phi) is 63.9. The van der Waals surface area contributed by atoms with Gasteiger partial charge in [-0.25, -0.2) is 0 Å². The Morgan fingerprint density at radius 1 is 0.818 bits per heavy atom. The summed E-state index contributed by atoms with van der Waals surface area (Å²) >= 11 is 0. The first-order valence-corrected chi connectivity index (χ1v) is 4.32. The average molecular weight is 195 g/mol. The topological polar surface area (TPSA) is 0 Å². The Labute approximate surface area is 86.0 Å². The monoisotopic (exact) mass is 195 g/mol. The van der Waals surface area contributed by atoms with Gasteiger partial charge in [0.1, 0.15) is 0 Å². The van der Waals surface area contributed by atoms with Crippen LogP contribution in [0.15, 0.2) is 0 Å². The molecule has 11 heavy (non-hydrogen) atoms.